The van der Waals surface area contributed by atoms with E-state index in [2.05, 4.69) is 10.8 Å². The standard InChI is InChI=1S/C18H24FN3O4S/c1-16(2,3)27(25)21-17(4,7-8-18(10-20)11-26-12-18)14-9-13(22(23)24)5-6-15(14)19/h5-6,9,21H,7-8,11-12H2,1-4H3/t17-,27?/m0/s1. The third-order valence-corrected chi connectivity index (χ3v) is 6.48. The van der Waals surface area contributed by atoms with Gasteiger partial charge in [-0.15, -0.1) is 4.72 Å². The zero-order valence-electron chi connectivity index (χ0n) is 15.9. The summed E-state index contributed by atoms with van der Waals surface area (Å²) in [4.78, 5) is 10.5. The minimum absolute atomic E-state index is 0.0580. The summed E-state index contributed by atoms with van der Waals surface area (Å²) in [7, 11) is 0. The lowest BCUT2D eigenvalue weighted by molar-refractivity contribution is -0.385. The maximum absolute atomic E-state index is 14.6. The molecule has 2 atom stereocenters. The van der Waals surface area contributed by atoms with Gasteiger partial charge in [-0.1, -0.05) is 0 Å². The van der Waals surface area contributed by atoms with E-state index in [1.165, 1.54) is 6.07 Å². The highest BCUT2D eigenvalue weighted by molar-refractivity contribution is 7.90. The van der Waals surface area contributed by atoms with Crippen molar-refractivity contribution in [3.63, 3.8) is 0 Å². The Morgan fingerprint density at radius 3 is 2.48 bits per heavy atom. The van der Waals surface area contributed by atoms with Crippen molar-refractivity contribution in [3.8, 4) is 6.07 Å². The molecule has 0 bridgehead atoms. The van der Waals surface area contributed by atoms with Gasteiger partial charge in [0.25, 0.3) is 5.69 Å². The fourth-order valence-electron chi connectivity index (χ4n) is 2.75. The maximum Gasteiger partial charge on any atom is 0.269 e. The third-order valence-electron chi connectivity index (χ3n) is 4.73. The van der Waals surface area contributed by atoms with Crippen molar-refractivity contribution in [1.29, 1.82) is 5.26 Å². The topological polar surface area (TPSA) is 111 Å². The Hall–Kier alpha value is -1.73. The first-order valence-corrected chi connectivity index (χ1v) is 9.71. The molecule has 2 rings (SSSR count). The monoisotopic (exact) mass is 397 g/mol. The van der Waals surface area contributed by atoms with Crippen LogP contribution in [0.1, 0.15) is 46.1 Å². The molecule has 0 aliphatic carbocycles. The number of hydrogen-bond donors (Lipinski definition) is 1. The van der Waals surface area contributed by atoms with Gasteiger partial charge in [0.2, 0.25) is 0 Å². The molecule has 1 unspecified atom stereocenters. The second-order valence-corrected chi connectivity index (χ2v) is 10.1. The second-order valence-electron chi connectivity index (χ2n) is 8.12. The molecule has 1 fully saturated rings. The molecule has 0 aromatic heterocycles. The first-order chi connectivity index (χ1) is 12.4. The minimum Gasteiger partial charge on any atom is -0.598 e. The van der Waals surface area contributed by atoms with Gasteiger partial charge in [-0.25, -0.2) is 4.39 Å². The number of nitrogens with zero attached hydrogens (tertiary/aromatic N) is 2. The molecular formula is C18H24FN3O4S. The molecule has 27 heavy (non-hydrogen) atoms. The first-order valence-electron chi connectivity index (χ1n) is 8.56. The lowest BCUT2D eigenvalue weighted by Gasteiger charge is -2.40. The van der Waals surface area contributed by atoms with Crippen molar-refractivity contribution in [3.05, 3.63) is 39.7 Å². The summed E-state index contributed by atoms with van der Waals surface area (Å²) >= 11 is -1.55. The van der Waals surface area contributed by atoms with Crippen LogP contribution in [0.2, 0.25) is 0 Å². The number of rotatable bonds is 7. The quantitative estimate of drug-likeness (QED) is 0.429. The predicted octanol–water partition coefficient (Wildman–Crippen LogP) is 3.32. The molecule has 1 aromatic rings. The third kappa shape index (κ3) is 4.76. The molecule has 1 aromatic carbocycles. The van der Waals surface area contributed by atoms with Crippen LogP contribution < -0.4 is 4.72 Å². The number of nitro benzene ring substituents is 1. The molecule has 1 heterocycles. The van der Waals surface area contributed by atoms with Gasteiger partial charge in [-0.05, 0) is 46.6 Å². The molecule has 9 heteroatoms. The number of nitro groups is 1. The number of ether oxygens (including phenoxy) is 1. The summed E-state index contributed by atoms with van der Waals surface area (Å²) in [6.07, 6.45) is 0.653. The Bertz CT molecular complexity index is 758. The molecule has 1 aliphatic heterocycles. The van der Waals surface area contributed by atoms with E-state index in [0.29, 0.717) is 19.6 Å². The fraction of sp³-hybridized carbons (Fsp3) is 0.611. The molecular weight excluding hydrogens is 373 g/mol. The van der Waals surface area contributed by atoms with Gasteiger partial charge >= 0.3 is 0 Å². The molecule has 1 saturated heterocycles. The van der Waals surface area contributed by atoms with Gasteiger partial charge in [-0.3, -0.25) is 10.1 Å². The highest BCUT2D eigenvalue weighted by atomic mass is 32.2. The molecule has 0 amide bonds. The fourth-order valence-corrected chi connectivity index (χ4v) is 3.68. The molecule has 1 N–H and O–H groups in total. The average molecular weight is 397 g/mol. The number of hydrogen-bond acceptors (Lipinski definition) is 6. The number of nitrogens with one attached hydrogen (secondary N) is 1. The summed E-state index contributed by atoms with van der Waals surface area (Å²) in [5.74, 6) is -0.627. The first kappa shape index (κ1) is 21.6. The van der Waals surface area contributed by atoms with Crippen molar-refractivity contribution < 1.29 is 18.6 Å². The van der Waals surface area contributed by atoms with Gasteiger partial charge in [0.15, 0.2) is 0 Å². The van der Waals surface area contributed by atoms with Gasteiger partial charge in [0, 0.05) is 29.1 Å². The highest BCUT2D eigenvalue weighted by Gasteiger charge is 2.44. The van der Waals surface area contributed by atoms with Gasteiger partial charge in [0.1, 0.15) is 16.0 Å². The smallest absolute Gasteiger partial charge is 0.269 e. The molecule has 0 spiro atoms. The number of halogens is 1. The zero-order chi connectivity index (χ0) is 20.5. The van der Waals surface area contributed by atoms with Crippen molar-refractivity contribution in [1.82, 2.24) is 4.72 Å². The average Bonchev–Trinajstić information content (AvgIpc) is 2.53. The normalized spacial score (nSPS) is 19.4. The lowest BCUT2D eigenvalue weighted by atomic mass is 9.77. The van der Waals surface area contributed by atoms with Gasteiger partial charge in [-0.2, -0.15) is 5.26 Å². The Morgan fingerprint density at radius 2 is 2.04 bits per heavy atom. The summed E-state index contributed by atoms with van der Waals surface area (Å²) in [5.41, 5.74) is -2.01. The van der Waals surface area contributed by atoms with Crippen LogP contribution in [0, 0.1) is 32.7 Å². The SMILES string of the molecule is CC(C)(C)[S+]([O-])N[C@@](C)(CCC1(C#N)COC1)c1cc([N+](=O)[O-])ccc1F. The molecule has 0 radical (unpaired) electrons. The Kier molecular flexibility index (Phi) is 6.16. The van der Waals surface area contributed by atoms with Crippen LogP contribution in [0.15, 0.2) is 18.2 Å². The van der Waals surface area contributed by atoms with Crippen LogP contribution in [0.5, 0.6) is 0 Å². The van der Waals surface area contributed by atoms with E-state index in [0.717, 1.165) is 12.1 Å². The lowest BCUT2D eigenvalue weighted by Crippen LogP contribution is -2.51. The van der Waals surface area contributed by atoms with E-state index in [1.807, 2.05) is 0 Å². The zero-order valence-corrected chi connectivity index (χ0v) is 16.7. The van der Waals surface area contributed by atoms with E-state index in [-0.39, 0.29) is 17.7 Å². The number of non-ortho nitro benzene ring substituents is 1. The van der Waals surface area contributed by atoms with Gasteiger partial charge < -0.3 is 9.29 Å². The van der Waals surface area contributed by atoms with Crippen LogP contribution in [0.25, 0.3) is 0 Å². The van der Waals surface area contributed by atoms with E-state index in [4.69, 9.17) is 4.74 Å². The Balaban J connectivity index is 2.41. The summed E-state index contributed by atoms with van der Waals surface area (Å²) in [5, 5.41) is 20.5. The largest absolute Gasteiger partial charge is 0.598 e. The molecule has 0 saturated carbocycles. The summed E-state index contributed by atoms with van der Waals surface area (Å²) < 4.78 is 34.8. The minimum atomic E-state index is -1.55. The molecule has 1 aliphatic rings. The van der Waals surface area contributed by atoms with E-state index < -0.39 is 37.8 Å². The summed E-state index contributed by atoms with van der Waals surface area (Å²) in [6, 6.07) is 5.54. The van der Waals surface area contributed by atoms with Crippen LogP contribution >= 0.6 is 0 Å². The molecule has 7 nitrogen and oxygen atoms in total. The summed E-state index contributed by atoms with van der Waals surface area (Å²) in [6.45, 7) is 7.56. The van der Waals surface area contributed by atoms with Crippen molar-refractivity contribution in [2.75, 3.05) is 13.2 Å². The van der Waals surface area contributed by atoms with E-state index in [9.17, 15) is 24.3 Å². The number of benzene rings is 1. The Labute approximate surface area is 161 Å². The highest BCUT2D eigenvalue weighted by Crippen LogP contribution is 2.39. The van der Waals surface area contributed by atoms with Crippen molar-refractivity contribution >= 4 is 17.0 Å². The van der Waals surface area contributed by atoms with Crippen molar-refractivity contribution in [2.24, 2.45) is 5.41 Å². The van der Waals surface area contributed by atoms with E-state index in [1.54, 1.807) is 27.7 Å². The maximum atomic E-state index is 14.6. The van der Waals surface area contributed by atoms with Crippen LogP contribution in [0.3, 0.4) is 0 Å². The van der Waals surface area contributed by atoms with Crippen LogP contribution in [0.4, 0.5) is 10.1 Å². The van der Waals surface area contributed by atoms with Gasteiger partial charge in [0.05, 0.1) is 29.7 Å². The molecule has 148 valence electrons. The van der Waals surface area contributed by atoms with Crippen molar-refractivity contribution in [2.45, 2.75) is 50.8 Å². The van der Waals surface area contributed by atoms with E-state index >= 15 is 0 Å². The predicted molar refractivity (Wildman–Crippen MR) is 99.5 cm³/mol. The van der Waals surface area contributed by atoms with Crippen LogP contribution in [-0.2, 0) is 21.6 Å². The second kappa shape index (κ2) is 7.72. The Morgan fingerprint density at radius 1 is 1.41 bits per heavy atom. The number of nitriles is 1. The van der Waals surface area contributed by atoms with Crippen LogP contribution in [-0.4, -0.2) is 27.4 Å².